The van der Waals surface area contributed by atoms with Gasteiger partial charge in [0.1, 0.15) is 6.54 Å². The molecule has 0 aromatic carbocycles. The number of nitrogens with two attached hydrogens (primary N) is 1. The van der Waals surface area contributed by atoms with Crippen LogP contribution in [0.25, 0.3) is 0 Å². The third-order valence-electron chi connectivity index (χ3n) is 2.08. The molecule has 0 rings (SSSR count). The summed E-state index contributed by atoms with van der Waals surface area (Å²) in [6.45, 7) is 1.72. The van der Waals surface area contributed by atoms with Gasteiger partial charge in [0, 0.05) is 13.1 Å². The summed E-state index contributed by atoms with van der Waals surface area (Å²) < 4.78 is 60.4. The quantitative estimate of drug-likeness (QED) is 0.759. The van der Waals surface area contributed by atoms with Gasteiger partial charge in [-0.05, 0) is 12.3 Å². The molecule has 0 radical (unpaired) electrons. The van der Waals surface area contributed by atoms with Gasteiger partial charge in [-0.2, -0.15) is 17.5 Å². The molecule has 0 unspecified atom stereocenters. The van der Waals surface area contributed by atoms with Crippen molar-refractivity contribution in [2.45, 2.75) is 26.4 Å². The van der Waals surface area contributed by atoms with Gasteiger partial charge in [0.15, 0.2) is 0 Å². The predicted octanol–water partition coefficient (Wildman–Crippen LogP) is 1.19. The molecule has 0 bridgehead atoms. The topological polar surface area (TPSA) is 63.4 Å². The number of sulfonamides is 1. The Hall–Kier alpha value is -0.340. The van der Waals surface area contributed by atoms with Gasteiger partial charge < -0.3 is 5.73 Å². The van der Waals surface area contributed by atoms with Crippen LogP contribution in [0.15, 0.2) is 0 Å². The standard InChI is InChI=1S/C9H19F3N2O2S/c1-8(2)3-6-17(15,16)14(5-4-13)7-9(10,11)12/h8H,3-7,13H2,1-2H3. The highest BCUT2D eigenvalue weighted by Crippen LogP contribution is 2.19. The lowest BCUT2D eigenvalue weighted by Crippen LogP contribution is -2.42. The van der Waals surface area contributed by atoms with Crippen molar-refractivity contribution in [1.29, 1.82) is 0 Å². The van der Waals surface area contributed by atoms with Crippen LogP contribution in [0.4, 0.5) is 13.2 Å². The predicted molar refractivity (Wildman–Crippen MR) is 59.9 cm³/mol. The van der Waals surface area contributed by atoms with Crippen molar-refractivity contribution in [3.05, 3.63) is 0 Å². The van der Waals surface area contributed by atoms with Crippen molar-refractivity contribution in [3.63, 3.8) is 0 Å². The zero-order chi connectivity index (χ0) is 13.7. The highest BCUT2D eigenvalue weighted by molar-refractivity contribution is 7.89. The van der Waals surface area contributed by atoms with Gasteiger partial charge in [-0.15, -0.1) is 0 Å². The van der Waals surface area contributed by atoms with Gasteiger partial charge in [0.05, 0.1) is 5.75 Å². The average Bonchev–Trinajstić information content (AvgIpc) is 2.12. The van der Waals surface area contributed by atoms with Crippen LogP contribution in [0.2, 0.25) is 0 Å². The molecule has 0 aliphatic heterocycles. The minimum absolute atomic E-state index is 0.121. The van der Waals surface area contributed by atoms with E-state index in [4.69, 9.17) is 5.73 Å². The van der Waals surface area contributed by atoms with Crippen LogP contribution < -0.4 is 5.73 Å². The Kier molecular flexibility index (Phi) is 6.42. The van der Waals surface area contributed by atoms with E-state index < -0.39 is 22.7 Å². The van der Waals surface area contributed by atoms with Crippen molar-refractivity contribution in [3.8, 4) is 0 Å². The lowest BCUT2D eigenvalue weighted by molar-refractivity contribution is -0.135. The molecule has 0 heterocycles. The van der Waals surface area contributed by atoms with E-state index in [1.165, 1.54) is 0 Å². The minimum Gasteiger partial charge on any atom is -0.329 e. The van der Waals surface area contributed by atoms with Crippen LogP contribution in [0.5, 0.6) is 0 Å². The molecule has 0 aromatic heterocycles. The number of halogens is 3. The van der Waals surface area contributed by atoms with Gasteiger partial charge in [0.25, 0.3) is 0 Å². The van der Waals surface area contributed by atoms with Crippen LogP contribution in [0, 0.1) is 5.92 Å². The van der Waals surface area contributed by atoms with E-state index in [9.17, 15) is 21.6 Å². The average molecular weight is 276 g/mol. The Morgan fingerprint density at radius 2 is 1.82 bits per heavy atom. The van der Waals surface area contributed by atoms with E-state index in [0.29, 0.717) is 10.7 Å². The number of nitrogens with zero attached hydrogens (tertiary/aromatic N) is 1. The van der Waals surface area contributed by atoms with Gasteiger partial charge in [-0.3, -0.25) is 0 Å². The Balaban J connectivity index is 4.67. The lowest BCUT2D eigenvalue weighted by atomic mass is 10.2. The van der Waals surface area contributed by atoms with Crippen molar-refractivity contribution < 1.29 is 21.6 Å². The Bertz CT molecular complexity index is 315. The molecule has 0 aromatic rings. The van der Waals surface area contributed by atoms with Crippen LogP contribution >= 0.6 is 0 Å². The van der Waals surface area contributed by atoms with Crippen molar-refractivity contribution >= 4 is 10.0 Å². The molecule has 0 aliphatic carbocycles. The van der Waals surface area contributed by atoms with Gasteiger partial charge in [-0.25, -0.2) is 8.42 Å². The highest BCUT2D eigenvalue weighted by atomic mass is 32.2. The van der Waals surface area contributed by atoms with E-state index in [0.717, 1.165) is 0 Å². The fraction of sp³-hybridized carbons (Fsp3) is 1.00. The molecule has 8 heteroatoms. The summed E-state index contributed by atoms with van der Waals surface area (Å²) in [5, 5.41) is 0. The number of hydrogen-bond donors (Lipinski definition) is 1. The molecule has 0 aliphatic rings. The number of hydrogen-bond acceptors (Lipinski definition) is 3. The van der Waals surface area contributed by atoms with E-state index in [-0.39, 0.29) is 24.8 Å². The molecule has 0 saturated carbocycles. The fourth-order valence-electron chi connectivity index (χ4n) is 1.17. The second-order valence-electron chi connectivity index (χ2n) is 4.24. The van der Waals surface area contributed by atoms with Gasteiger partial charge in [-0.1, -0.05) is 13.8 Å². The first-order valence-electron chi connectivity index (χ1n) is 5.33. The summed E-state index contributed by atoms with van der Waals surface area (Å²) in [6, 6.07) is 0. The largest absolute Gasteiger partial charge is 0.402 e. The van der Waals surface area contributed by atoms with E-state index in [1.807, 2.05) is 13.8 Å². The third kappa shape index (κ3) is 7.56. The molecular formula is C9H19F3N2O2S. The molecule has 0 saturated heterocycles. The smallest absolute Gasteiger partial charge is 0.329 e. The zero-order valence-corrected chi connectivity index (χ0v) is 10.8. The molecule has 0 fully saturated rings. The Labute approximate surface area is 100 Å². The summed E-state index contributed by atoms with van der Waals surface area (Å²) in [7, 11) is -3.88. The Morgan fingerprint density at radius 1 is 1.29 bits per heavy atom. The van der Waals surface area contributed by atoms with Crippen molar-refractivity contribution in [1.82, 2.24) is 4.31 Å². The molecule has 2 N–H and O–H groups in total. The van der Waals surface area contributed by atoms with Crippen molar-refractivity contribution in [2.75, 3.05) is 25.4 Å². The maximum absolute atomic E-state index is 12.2. The van der Waals surface area contributed by atoms with Crippen LogP contribution in [-0.4, -0.2) is 44.3 Å². The maximum atomic E-state index is 12.2. The van der Waals surface area contributed by atoms with Crippen molar-refractivity contribution in [2.24, 2.45) is 11.7 Å². The third-order valence-corrected chi connectivity index (χ3v) is 3.93. The number of alkyl halides is 3. The first-order chi connectivity index (χ1) is 7.58. The minimum atomic E-state index is -4.54. The van der Waals surface area contributed by atoms with E-state index >= 15 is 0 Å². The monoisotopic (exact) mass is 276 g/mol. The van der Waals surface area contributed by atoms with Crippen LogP contribution in [0.1, 0.15) is 20.3 Å². The second-order valence-corrected chi connectivity index (χ2v) is 6.32. The first kappa shape index (κ1) is 16.7. The summed E-state index contributed by atoms with van der Waals surface area (Å²) >= 11 is 0. The lowest BCUT2D eigenvalue weighted by Gasteiger charge is -2.23. The molecule has 0 amide bonds. The zero-order valence-electron chi connectivity index (χ0n) is 10.00. The molecule has 4 nitrogen and oxygen atoms in total. The fourth-order valence-corrected chi connectivity index (χ4v) is 2.93. The molecule has 17 heavy (non-hydrogen) atoms. The Morgan fingerprint density at radius 3 is 2.18 bits per heavy atom. The maximum Gasteiger partial charge on any atom is 0.402 e. The van der Waals surface area contributed by atoms with Gasteiger partial charge in [0.2, 0.25) is 10.0 Å². The first-order valence-corrected chi connectivity index (χ1v) is 6.94. The van der Waals surface area contributed by atoms with Crippen LogP contribution in [0.3, 0.4) is 0 Å². The molecule has 0 spiro atoms. The normalized spacial score (nSPS) is 13.6. The summed E-state index contributed by atoms with van der Waals surface area (Å²) in [4.78, 5) is 0. The van der Waals surface area contributed by atoms with Crippen LogP contribution in [-0.2, 0) is 10.0 Å². The molecular weight excluding hydrogens is 257 g/mol. The SMILES string of the molecule is CC(C)CCS(=O)(=O)N(CCN)CC(F)(F)F. The van der Waals surface area contributed by atoms with E-state index in [1.54, 1.807) is 0 Å². The molecule has 0 atom stereocenters. The summed E-state index contributed by atoms with van der Waals surface area (Å²) in [6.07, 6.45) is -4.21. The summed E-state index contributed by atoms with van der Waals surface area (Å²) in [5.74, 6) is -0.156. The summed E-state index contributed by atoms with van der Waals surface area (Å²) in [5.41, 5.74) is 5.13. The van der Waals surface area contributed by atoms with E-state index in [2.05, 4.69) is 0 Å². The highest BCUT2D eigenvalue weighted by Gasteiger charge is 2.35. The van der Waals surface area contributed by atoms with Gasteiger partial charge >= 0.3 is 6.18 Å². The molecule has 104 valence electrons. The second kappa shape index (κ2) is 6.55. The number of rotatable bonds is 7.